The van der Waals surface area contributed by atoms with Crippen LogP contribution in [0.5, 0.6) is 0 Å². The fourth-order valence-corrected chi connectivity index (χ4v) is 1.67. The monoisotopic (exact) mass is 254 g/mol. The second-order valence-electron chi connectivity index (χ2n) is 4.09. The van der Waals surface area contributed by atoms with Gasteiger partial charge < -0.3 is 10.5 Å². The maximum atomic E-state index is 12.0. The highest BCUT2D eigenvalue weighted by Gasteiger charge is 2.06. The van der Waals surface area contributed by atoms with Crippen molar-refractivity contribution in [3.8, 4) is 0 Å². The Bertz CT molecular complexity index is 607. The summed E-state index contributed by atoms with van der Waals surface area (Å²) in [6, 6.07) is 16.1. The minimum absolute atomic E-state index is 0.170. The van der Waals surface area contributed by atoms with E-state index < -0.39 is 0 Å². The molecule has 0 bridgehead atoms. The summed E-state index contributed by atoms with van der Waals surface area (Å²) >= 11 is 0. The van der Waals surface area contributed by atoms with Gasteiger partial charge in [0.25, 0.3) is 5.91 Å². The number of nitrogens with zero attached hydrogens (tertiary/aromatic N) is 1. The van der Waals surface area contributed by atoms with Gasteiger partial charge in [0, 0.05) is 16.8 Å². The van der Waals surface area contributed by atoms with Gasteiger partial charge in [-0.3, -0.25) is 4.79 Å². The first-order valence-electron chi connectivity index (χ1n) is 5.86. The van der Waals surface area contributed by atoms with Crippen molar-refractivity contribution in [1.29, 1.82) is 0 Å². The molecule has 1 amide bonds. The largest absolute Gasteiger partial charge is 0.411 e. The Hall–Kier alpha value is -2.62. The standard InChI is InChI=1S/C15H14N2O2/c1-11(17-19)13-8-5-9-14(10-13)16-15(18)12-6-3-2-4-7-12/h2-10,19H,1H3,(H,16,18)/b17-11+. The third-order valence-electron chi connectivity index (χ3n) is 2.72. The summed E-state index contributed by atoms with van der Waals surface area (Å²) in [7, 11) is 0. The second-order valence-corrected chi connectivity index (χ2v) is 4.09. The van der Waals surface area contributed by atoms with Crippen LogP contribution in [-0.4, -0.2) is 16.8 Å². The second kappa shape index (κ2) is 5.82. The van der Waals surface area contributed by atoms with Crippen LogP contribution in [0.4, 0.5) is 5.69 Å². The van der Waals surface area contributed by atoms with Crippen LogP contribution in [0.25, 0.3) is 0 Å². The van der Waals surface area contributed by atoms with E-state index in [9.17, 15) is 4.79 Å². The predicted molar refractivity (Wildman–Crippen MR) is 74.8 cm³/mol. The maximum Gasteiger partial charge on any atom is 0.255 e. The molecule has 0 unspecified atom stereocenters. The fourth-order valence-electron chi connectivity index (χ4n) is 1.67. The SMILES string of the molecule is C/C(=N\O)c1cccc(NC(=O)c2ccccc2)c1. The molecule has 0 aromatic heterocycles. The number of benzene rings is 2. The van der Waals surface area contributed by atoms with Gasteiger partial charge in [-0.15, -0.1) is 0 Å². The number of rotatable bonds is 3. The van der Waals surface area contributed by atoms with Gasteiger partial charge in [-0.2, -0.15) is 0 Å². The molecule has 0 heterocycles. The Morgan fingerprint density at radius 2 is 1.74 bits per heavy atom. The summed E-state index contributed by atoms with van der Waals surface area (Å²) in [5.41, 5.74) is 2.51. The van der Waals surface area contributed by atoms with Crippen molar-refractivity contribution in [1.82, 2.24) is 0 Å². The third-order valence-corrected chi connectivity index (χ3v) is 2.72. The molecule has 19 heavy (non-hydrogen) atoms. The van der Waals surface area contributed by atoms with E-state index in [1.807, 2.05) is 24.3 Å². The molecule has 4 heteroatoms. The zero-order valence-corrected chi connectivity index (χ0v) is 10.5. The molecular weight excluding hydrogens is 240 g/mol. The Kier molecular flexibility index (Phi) is 3.93. The molecule has 0 aliphatic carbocycles. The lowest BCUT2D eigenvalue weighted by Gasteiger charge is -2.07. The Morgan fingerprint density at radius 1 is 1.05 bits per heavy atom. The molecule has 0 radical (unpaired) electrons. The lowest BCUT2D eigenvalue weighted by atomic mass is 10.1. The highest BCUT2D eigenvalue weighted by atomic mass is 16.4. The Labute approximate surface area is 111 Å². The van der Waals surface area contributed by atoms with Gasteiger partial charge in [-0.05, 0) is 31.2 Å². The average Bonchev–Trinajstić information content (AvgIpc) is 2.47. The van der Waals surface area contributed by atoms with E-state index in [0.29, 0.717) is 17.0 Å². The molecule has 4 nitrogen and oxygen atoms in total. The van der Waals surface area contributed by atoms with Crippen LogP contribution in [0.15, 0.2) is 59.8 Å². The average molecular weight is 254 g/mol. The van der Waals surface area contributed by atoms with E-state index in [1.165, 1.54) is 0 Å². The quantitative estimate of drug-likeness (QED) is 0.502. The van der Waals surface area contributed by atoms with Gasteiger partial charge in [0.15, 0.2) is 0 Å². The van der Waals surface area contributed by atoms with Crippen LogP contribution in [0.3, 0.4) is 0 Å². The van der Waals surface area contributed by atoms with E-state index in [2.05, 4.69) is 10.5 Å². The van der Waals surface area contributed by atoms with Crippen LogP contribution >= 0.6 is 0 Å². The number of oxime groups is 1. The van der Waals surface area contributed by atoms with Gasteiger partial charge >= 0.3 is 0 Å². The summed E-state index contributed by atoms with van der Waals surface area (Å²) < 4.78 is 0. The highest BCUT2D eigenvalue weighted by molar-refractivity contribution is 6.05. The first-order valence-corrected chi connectivity index (χ1v) is 5.86. The first-order chi connectivity index (χ1) is 9.20. The molecule has 0 aliphatic heterocycles. The van der Waals surface area contributed by atoms with Crippen LogP contribution in [0, 0.1) is 0 Å². The van der Waals surface area contributed by atoms with Gasteiger partial charge in [0.2, 0.25) is 0 Å². The normalized spacial score (nSPS) is 11.1. The lowest BCUT2D eigenvalue weighted by molar-refractivity contribution is 0.102. The molecule has 0 fully saturated rings. The molecule has 2 rings (SSSR count). The number of anilines is 1. The van der Waals surface area contributed by atoms with Crippen molar-refractivity contribution in [2.45, 2.75) is 6.92 Å². The van der Waals surface area contributed by atoms with Crippen LogP contribution < -0.4 is 5.32 Å². The zero-order chi connectivity index (χ0) is 13.7. The molecule has 0 spiro atoms. The molecule has 2 aromatic carbocycles. The summed E-state index contributed by atoms with van der Waals surface area (Å²) in [5, 5.41) is 14.7. The van der Waals surface area contributed by atoms with Crippen LogP contribution in [0.1, 0.15) is 22.8 Å². The zero-order valence-electron chi connectivity index (χ0n) is 10.5. The molecule has 0 saturated heterocycles. The predicted octanol–water partition coefficient (Wildman–Crippen LogP) is 3.14. The Morgan fingerprint density at radius 3 is 2.42 bits per heavy atom. The molecule has 2 N–H and O–H groups in total. The van der Waals surface area contributed by atoms with E-state index in [4.69, 9.17) is 5.21 Å². The number of amides is 1. The fraction of sp³-hybridized carbons (Fsp3) is 0.0667. The third kappa shape index (κ3) is 3.19. The minimum atomic E-state index is -0.170. The first kappa shape index (κ1) is 12.8. The molecule has 0 saturated carbocycles. The van der Waals surface area contributed by atoms with Gasteiger partial charge in [0.05, 0.1) is 5.71 Å². The molecular formula is C15H14N2O2. The van der Waals surface area contributed by atoms with E-state index in [-0.39, 0.29) is 5.91 Å². The Balaban J connectivity index is 2.18. The summed E-state index contributed by atoms with van der Waals surface area (Å²) in [6.45, 7) is 1.69. The summed E-state index contributed by atoms with van der Waals surface area (Å²) in [4.78, 5) is 12.0. The number of nitrogens with one attached hydrogen (secondary N) is 1. The van der Waals surface area contributed by atoms with Crippen molar-refractivity contribution >= 4 is 17.3 Å². The molecule has 96 valence electrons. The number of carbonyl (C=O) groups excluding carboxylic acids is 1. The van der Waals surface area contributed by atoms with Crippen molar-refractivity contribution in [3.63, 3.8) is 0 Å². The number of hydrogen-bond donors (Lipinski definition) is 2. The van der Waals surface area contributed by atoms with Crippen LogP contribution in [0.2, 0.25) is 0 Å². The van der Waals surface area contributed by atoms with E-state index in [1.54, 1.807) is 37.3 Å². The van der Waals surface area contributed by atoms with Gasteiger partial charge in [0.1, 0.15) is 0 Å². The topological polar surface area (TPSA) is 61.7 Å². The van der Waals surface area contributed by atoms with Gasteiger partial charge in [-0.25, -0.2) is 0 Å². The number of hydrogen-bond acceptors (Lipinski definition) is 3. The molecule has 0 atom stereocenters. The molecule has 2 aromatic rings. The lowest BCUT2D eigenvalue weighted by Crippen LogP contribution is -2.12. The molecule has 0 aliphatic rings. The van der Waals surface area contributed by atoms with Gasteiger partial charge in [-0.1, -0.05) is 35.5 Å². The summed E-state index contributed by atoms with van der Waals surface area (Å²) in [5.74, 6) is -0.170. The van der Waals surface area contributed by atoms with Crippen molar-refractivity contribution in [3.05, 3.63) is 65.7 Å². The van der Waals surface area contributed by atoms with E-state index >= 15 is 0 Å². The van der Waals surface area contributed by atoms with Crippen molar-refractivity contribution < 1.29 is 10.0 Å². The van der Waals surface area contributed by atoms with E-state index in [0.717, 1.165) is 5.56 Å². The minimum Gasteiger partial charge on any atom is -0.411 e. The summed E-state index contributed by atoms with van der Waals surface area (Å²) in [6.07, 6.45) is 0. The van der Waals surface area contributed by atoms with Crippen molar-refractivity contribution in [2.75, 3.05) is 5.32 Å². The maximum absolute atomic E-state index is 12.0. The number of carbonyl (C=O) groups is 1. The smallest absolute Gasteiger partial charge is 0.255 e. The van der Waals surface area contributed by atoms with Crippen molar-refractivity contribution in [2.24, 2.45) is 5.16 Å². The van der Waals surface area contributed by atoms with Crippen LogP contribution in [-0.2, 0) is 0 Å². The highest BCUT2D eigenvalue weighted by Crippen LogP contribution is 2.13.